The topological polar surface area (TPSA) is 110 Å². The number of amides is 2. The van der Waals surface area contributed by atoms with Gasteiger partial charge in [0.1, 0.15) is 12.4 Å². The minimum atomic E-state index is -0.514. The van der Waals surface area contributed by atoms with Gasteiger partial charge in [0.25, 0.3) is 11.6 Å². The Hall–Kier alpha value is -4.79. The third-order valence-corrected chi connectivity index (χ3v) is 6.39. The zero-order valence-electron chi connectivity index (χ0n) is 22.3. The van der Waals surface area contributed by atoms with Crippen LogP contribution in [-0.4, -0.2) is 44.5 Å². The van der Waals surface area contributed by atoms with Gasteiger partial charge in [0, 0.05) is 29.8 Å². The molecule has 4 aromatic rings. The van der Waals surface area contributed by atoms with Gasteiger partial charge in [-0.3, -0.25) is 19.7 Å². The van der Waals surface area contributed by atoms with Crippen LogP contribution >= 0.6 is 0 Å². The van der Waals surface area contributed by atoms with Crippen molar-refractivity contribution in [3.05, 3.63) is 106 Å². The van der Waals surface area contributed by atoms with Crippen LogP contribution in [0.5, 0.6) is 0 Å². The van der Waals surface area contributed by atoms with Gasteiger partial charge in [-0.05, 0) is 50.1 Å². The number of anilines is 1. The summed E-state index contributed by atoms with van der Waals surface area (Å²) in [4.78, 5) is 38.7. The Morgan fingerprint density at radius 1 is 0.974 bits per heavy atom. The lowest BCUT2D eigenvalue weighted by Gasteiger charge is -2.22. The van der Waals surface area contributed by atoms with Crippen LogP contribution < -0.4 is 5.32 Å². The number of nitro benzene ring substituents is 1. The van der Waals surface area contributed by atoms with E-state index >= 15 is 0 Å². The molecule has 0 aliphatic rings. The quantitative estimate of drug-likeness (QED) is 0.203. The maximum absolute atomic E-state index is 13.5. The number of non-ortho nitro benzene ring substituents is 1. The number of hydrogen-bond donors (Lipinski definition) is 1. The third-order valence-electron chi connectivity index (χ3n) is 6.39. The molecule has 0 fully saturated rings. The largest absolute Gasteiger partial charge is 0.329 e. The highest BCUT2D eigenvalue weighted by atomic mass is 16.6. The highest BCUT2D eigenvalue weighted by molar-refractivity contribution is 6.01. The summed E-state index contributed by atoms with van der Waals surface area (Å²) >= 11 is 0. The van der Waals surface area contributed by atoms with E-state index in [1.165, 1.54) is 29.2 Å². The molecule has 0 saturated carbocycles. The van der Waals surface area contributed by atoms with Gasteiger partial charge in [-0.2, -0.15) is 5.10 Å². The maximum Gasteiger partial charge on any atom is 0.269 e. The van der Waals surface area contributed by atoms with Crippen molar-refractivity contribution >= 4 is 23.3 Å². The van der Waals surface area contributed by atoms with E-state index in [0.717, 1.165) is 34.5 Å². The molecule has 0 radical (unpaired) electrons. The molecule has 39 heavy (non-hydrogen) atoms. The van der Waals surface area contributed by atoms with E-state index in [-0.39, 0.29) is 29.6 Å². The van der Waals surface area contributed by atoms with E-state index in [9.17, 15) is 19.7 Å². The molecule has 3 aromatic carbocycles. The summed E-state index contributed by atoms with van der Waals surface area (Å²) in [5.41, 5.74) is 4.55. The highest BCUT2D eigenvalue weighted by Gasteiger charge is 2.23. The predicted molar refractivity (Wildman–Crippen MR) is 151 cm³/mol. The lowest BCUT2D eigenvalue weighted by molar-refractivity contribution is -0.384. The minimum Gasteiger partial charge on any atom is -0.329 e. The van der Waals surface area contributed by atoms with Crippen molar-refractivity contribution in [1.82, 2.24) is 14.7 Å². The fraction of sp³-hybridized carbons (Fsp3) is 0.233. The number of unbranched alkanes of at least 4 members (excludes halogenated alkanes) is 1. The van der Waals surface area contributed by atoms with Crippen LogP contribution in [0, 0.1) is 24.0 Å². The van der Waals surface area contributed by atoms with E-state index < -0.39 is 4.92 Å². The second kappa shape index (κ2) is 12.2. The molecule has 1 N–H and O–H groups in total. The van der Waals surface area contributed by atoms with Crippen molar-refractivity contribution in [3.8, 4) is 16.8 Å². The van der Waals surface area contributed by atoms with Gasteiger partial charge < -0.3 is 10.2 Å². The zero-order valence-corrected chi connectivity index (χ0v) is 22.3. The minimum absolute atomic E-state index is 0.0995. The summed E-state index contributed by atoms with van der Waals surface area (Å²) in [5.74, 6) is -0.211. The number of aryl methyl sites for hydroxylation is 2. The molecule has 0 aliphatic heterocycles. The lowest BCUT2D eigenvalue weighted by Crippen LogP contribution is -2.39. The Morgan fingerprint density at radius 2 is 1.64 bits per heavy atom. The smallest absolute Gasteiger partial charge is 0.269 e. The summed E-state index contributed by atoms with van der Waals surface area (Å²) < 4.78 is 1.71. The molecule has 0 atom stereocenters. The van der Waals surface area contributed by atoms with Crippen molar-refractivity contribution in [1.29, 1.82) is 0 Å². The van der Waals surface area contributed by atoms with Gasteiger partial charge >= 0.3 is 0 Å². The number of carbonyl (C=O) groups is 2. The fourth-order valence-corrected chi connectivity index (χ4v) is 4.32. The molecule has 0 aliphatic carbocycles. The fourth-order valence-electron chi connectivity index (χ4n) is 4.32. The summed E-state index contributed by atoms with van der Waals surface area (Å²) in [6.45, 7) is 6.10. The van der Waals surface area contributed by atoms with Gasteiger partial charge in [-0.1, -0.05) is 61.4 Å². The Balaban J connectivity index is 1.65. The Morgan fingerprint density at radius 3 is 2.26 bits per heavy atom. The molecule has 0 unspecified atom stereocenters. The lowest BCUT2D eigenvalue weighted by atomic mass is 10.1. The molecule has 9 nitrogen and oxygen atoms in total. The highest BCUT2D eigenvalue weighted by Crippen LogP contribution is 2.33. The molecular weight excluding hydrogens is 494 g/mol. The average Bonchev–Trinajstić information content (AvgIpc) is 3.26. The number of nitro groups is 1. The Labute approximate surface area is 227 Å². The molecule has 4 rings (SSSR count). The van der Waals surface area contributed by atoms with Crippen molar-refractivity contribution in [3.63, 3.8) is 0 Å². The van der Waals surface area contributed by atoms with Gasteiger partial charge in [-0.25, -0.2) is 4.68 Å². The number of carbonyl (C=O) groups excluding carboxylic acids is 2. The van der Waals surface area contributed by atoms with E-state index in [1.54, 1.807) is 4.68 Å². The molecule has 9 heteroatoms. The first kappa shape index (κ1) is 27.3. The molecule has 1 aromatic heterocycles. The molecule has 200 valence electrons. The normalized spacial score (nSPS) is 10.7. The first-order valence-electron chi connectivity index (χ1n) is 12.8. The number of hydrogen-bond acceptors (Lipinski definition) is 5. The summed E-state index contributed by atoms with van der Waals surface area (Å²) in [7, 11) is 0. The van der Waals surface area contributed by atoms with Gasteiger partial charge in [0.2, 0.25) is 5.91 Å². The van der Waals surface area contributed by atoms with Crippen LogP contribution in [0.4, 0.5) is 11.5 Å². The second-order valence-electron chi connectivity index (χ2n) is 9.35. The van der Waals surface area contributed by atoms with E-state index in [0.29, 0.717) is 18.8 Å². The first-order chi connectivity index (χ1) is 18.8. The predicted octanol–water partition coefficient (Wildman–Crippen LogP) is 5.95. The van der Waals surface area contributed by atoms with Crippen LogP contribution in [-0.2, 0) is 4.79 Å². The number of nitrogens with zero attached hydrogens (tertiary/aromatic N) is 4. The first-order valence-corrected chi connectivity index (χ1v) is 12.8. The van der Waals surface area contributed by atoms with Crippen LogP contribution in [0.15, 0.2) is 78.9 Å². The summed E-state index contributed by atoms with van der Waals surface area (Å²) in [6.07, 6.45) is 1.55. The number of rotatable bonds is 10. The third kappa shape index (κ3) is 6.38. The van der Waals surface area contributed by atoms with E-state index in [1.807, 2.05) is 75.4 Å². The monoisotopic (exact) mass is 525 g/mol. The van der Waals surface area contributed by atoms with Gasteiger partial charge in [0.15, 0.2) is 0 Å². The number of nitrogens with one attached hydrogen (secondary N) is 1. The number of aromatic nitrogens is 2. The molecule has 1 heterocycles. The van der Waals surface area contributed by atoms with Gasteiger partial charge in [-0.15, -0.1) is 0 Å². The van der Waals surface area contributed by atoms with E-state index in [4.69, 9.17) is 5.10 Å². The summed E-state index contributed by atoms with van der Waals surface area (Å²) in [6, 6.07) is 23.0. The average molecular weight is 526 g/mol. The Kier molecular flexibility index (Phi) is 8.50. The standard InChI is InChI=1S/C30H31N5O4/c1-4-5-19-33(30(37)24-13-17-26(18-14-24)35(38)39)20-27(36)31-29-28(23-9-7-6-8-10-23)22(3)32-34(29)25-15-11-21(2)12-16-25/h6-18H,4-5,19-20H2,1-3H3,(H,31,36). The molecule has 0 saturated heterocycles. The van der Waals surface area contributed by atoms with E-state index in [2.05, 4.69) is 5.32 Å². The zero-order chi connectivity index (χ0) is 27.9. The summed E-state index contributed by atoms with van der Waals surface area (Å²) in [5, 5.41) is 18.8. The van der Waals surface area contributed by atoms with Crippen LogP contribution in [0.25, 0.3) is 16.8 Å². The van der Waals surface area contributed by atoms with Crippen molar-refractivity contribution in [2.75, 3.05) is 18.4 Å². The van der Waals surface area contributed by atoms with Crippen molar-refractivity contribution in [2.45, 2.75) is 33.6 Å². The van der Waals surface area contributed by atoms with Crippen LogP contribution in [0.3, 0.4) is 0 Å². The maximum atomic E-state index is 13.5. The molecule has 0 spiro atoms. The van der Waals surface area contributed by atoms with Crippen molar-refractivity contribution < 1.29 is 14.5 Å². The second-order valence-corrected chi connectivity index (χ2v) is 9.35. The SMILES string of the molecule is CCCCN(CC(=O)Nc1c(-c2ccccc2)c(C)nn1-c1ccc(C)cc1)C(=O)c1ccc([N+](=O)[O-])cc1. The molecule has 0 bridgehead atoms. The number of benzene rings is 3. The molecule has 2 amide bonds. The van der Waals surface area contributed by atoms with Crippen molar-refractivity contribution in [2.24, 2.45) is 0 Å². The van der Waals surface area contributed by atoms with Gasteiger partial charge in [0.05, 0.1) is 16.3 Å². The molecular formula is C30H31N5O4. The Bertz CT molecular complexity index is 1460. The van der Waals surface area contributed by atoms with Crippen LogP contribution in [0.1, 0.15) is 41.4 Å². The van der Waals surface area contributed by atoms with Crippen LogP contribution in [0.2, 0.25) is 0 Å².